The maximum absolute atomic E-state index is 11.6. The van der Waals surface area contributed by atoms with Gasteiger partial charge < -0.3 is 5.32 Å². The van der Waals surface area contributed by atoms with Gasteiger partial charge in [0.25, 0.3) is 5.91 Å². The zero-order valence-electron chi connectivity index (χ0n) is 8.71. The van der Waals surface area contributed by atoms with Crippen molar-refractivity contribution in [3.8, 4) is 0 Å². The highest BCUT2D eigenvalue weighted by Crippen LogP contribution is 2.25. The molecule has 4 N–H and O–H groups in total. The fraction of sp³-hybridized carbons (Fsp3) is 0.200. The number of hydrogen-bond acceptors (Lipinski definition) is 4. The third-order valence-corrected chi connectivity index (χ3v) is 2.62. The topological polar surface area (TPSA) is 67.2 Å². The smallest absolute Gasteiger partial charge is 0.263 e. The average molecular weight is 258 g/mol. The minimum Gasteiger partial charge on any atom is -0.320 e. The van der Waals surface area contributed by atoms with Crippen molar-refractivity contribution in [2.75, 3.05) is 11.9 Å². The minimum atomic E-state index is -0.371. The predicted molar refractivity (Wildman–Crippen MR) is 69.6 cm³/mol. The van der Waals surface area contributed by atoms with Crippen molar-refractivity contribution in [1.29, 1.82) is 0 Å². The van der Waals surface area contributed by atoms with Gasteiger partial charge in [0.05, 0.1) is 22.1 Å². The summed E-state index contributed by atoms with van der Waals surface area (Å²) in [5.41, 5.74) is 3.78. The minimum absolute atomic E-state index is 0.157. The molecule has 6 heteroatoms. The Morgan fingerprint density at radius 2 is 2.25 bits per heavy atom. The Bertz CT molecular complexity index is 402. The van der Waals surface area contributed by atoms with Gasteiger partial charge in [-0.25, -0.2) is 0 Å². The molecule has 0 aliphatic rings. The lowest BCUT2D eigenvalue weighted by Crippen LogP contribution is -2.35. The number of hydrazine groups is 1. The zero-order chi connectivity index (χ0) is 12.1. The van der Waals surface area contributed by atoms with Crippen LogP contribution >= 0.6 is 23.8 Å². The molecule has 0 spiro atoms. The fourth-order valence-electron chi connectivity index (χ4n) is 1.15. The van der Waals surface area contributed by atoms with E-state index in [4.69, 9.17) is 29.7 Å². The van der Waals surface area contributed by atoms with Crippen LogP contribution in [0.5, 0.6) is 0 Å². The number of hydrogen-bond donors (Lipinski definition) is 3. The van der Waals surface area contributed by atoms with Crippen LogP contribution in [-0.4, -0.2) is 17.3 Å². The highest BCUT2D eigenvalue weighted by Gasteiger charge is 2.11. The van der Waals surface area contributed by atoms with Gasteiger partial charge in [0.1, 0.15) is 0 Å². The van der Waals surface area contributed by atoms with Crippen LogP contribution in [-0.2, 0) is 4.79 Å². The SMILES string of the molecule is Cc1cccc(Cl)c1NC(=O)C(=S)CNN. The van der Waals surface area contributed by atoms with Crippen LogP contribution in [0.4, 0.5) is 5.69 Å². The van der Waals surface area contributed by atoms with Gasteiger partial charge in [0, 0.05) is 0 Å². The molecule has 0 radical (unpaired) electrons. The molecule has 0 aliphatic carbocycles. The molecule has 1 aromatic carbocycles. The van der Waals surface area contributed by atoms with Gasteiger partial charge >= 0.3 is 0 Å². The van der Waals surface area contributed by atoms with Crippen LogP contribution in [0.1, 0.15) is 5.56 Å². The highest BCUT2D eigenvalue weighted by molar-refractivity contribution is 7.82. The summed E-state index contributed by atoms with van der Waals surface area (Å²) >= 11 is 10.8. The predicted octanol–water partition coefficient (Wildman–Crippen LogP) is 1.42. The molecule has 0 aliphatic heterocycles. The lowest BCUT2D eigenvalue weighted by molar-refractivity contribution is -0.110. The van der Waals surface area contributed by atoms with Crippen molar-refractivity contribution >= 4 is 40.3 Å². The molecule has 0 aromatic heterocycles. The van der Waals surface area contributed by atoms with E-state index in [1.54, 1.807) is 6.07 Å². The third-order valence-electron chi connectivity index (χ3n) is 1.98. The maximum atomic E-state index is 11.6. The van der Waals surface area contributed by atoms with Crippen molar-refractivity contribution < 1.29 is 4.79 Å². The van der Waals surface area contributed by atoms with Gasteiger partial charge in [-0.3, -0.25) is 16.1 Å². The molecule has 0 saturated carbocycles. The Hall–Kier alpha value is -1.01. The molecule has 1 amide bonds. The van der Waals surface area contributed by atoms with Gasteiger partial charge in [0.2, 0.25) is 0 Å². The molecular weight excluding hydrogens is 246 g/mol. The van der Waals surface area contributed by atoms with Crippen molar-refractivity contribution in [2.24, 2.45) is 5.84 Å². The molecule has 0 unspecified atom stereocenters. The summed E-state index contributed by atoms with van der Waals surface area (Å²) in [5.74, 6) is 4.71. The van der Waals surface area contributed by atoms with E-state index < -0.39 is 0 Å². The van der Waals surface area contributed by atoms with Gasteiger partial charge in [-0.1, -0.05) is 36.0 Å². The number of halogens is 1. The number of anilines is 1. The first kappa shape index (κ1) is 13.1. The largest absolute Gasteiger partial charge is 0.320 e. The van der Waals surface area contributed by atoms with E-state index in [1.807, 2.05) is 19.1 Å². The molecule has 0 heterocycles. The number of rotatable bonds is 4. The molecule has 16 heavy (non-hydrogen) atoms. The summed E-state index contributed by atoms with van der Waals surface area (Å²) in [6.07, 6.45) is 0. The van der Waals surface area contributed by atoms with Gasteiger partial charge in [-0.15, -0.1) is 0 Å². The summed E-state index contributed by atoms with van der Waals surface area (Å²) in [6.45, 7) is 2.01. The third kappa shape index (κ3) is 3.24. The lowest BCUT2D eigenvalue weighted by atomic mass is 10.2. The first-order valence-electron chi connectivity index (χ1n) is 4.59. The van der Waals surface area contributed by atoms with Gasteiger partial charge in [0.15, 0.2) is 0 Å². The number of para-hydroxylation sites is 1. The second-order valence-electron chi connectivity index (χ2n) is 3.19. The van der Waals surface area contributed by atoms with E-state index in [-0.39, 0.29) is 17.3 Å². The molecule has 0 bridgehead atoms. The normalized spacial score (nSPS) is 9.94. The number of carbonyl (C=O) groups is 1. The van der Waals surface area contributed by atoms with Crippen LogP contribution in [0.3, 0.4) is 0 Å². The standard InChI is InChI=1S/C10H12ClN3OS/c1-6-3-2-4-7(11)9(6)14-10(15)8(16)5-13-12/h2-4,13H,5,12H2,1H3,(H,14,15). The summed E-state index contributed by atoms with van der Waals surface area (Å²) in [5, 5.41) is 3.14. The first-order chi connectivity index (χ1) is 7.56. The molecule has 4 nitrogen and oxygen atoms in total. The van der Waals surface area contributed by atoms with Gasteiger partial charge in [-0.05, 0) is 18.6 Å². The van der Waals surface area contributed by atoms with Crippen molar-refractivity contribution in [3.05, 3.63) is 28.8 Å². The molecular formula is C10H12ClN3OS. The molecule has 86 valence electrons. The summed E-state index contributed by atoms with van der Waals surface area (Å²) in [7, 11) is 0. The van der Waals surface area contributed by atoms with Crippen LogP contribution in [0.2, 0.25) is 5.02 Å². The number of carbonyl (C=O) groups excluding carboxylic acids is 1. The molecule has 1 rings (SSSR count). The van der Waals surface area contributed by atoms with Gasteiger partial charge in [-0.2, -0.15) is 0 Å². The number of nitrogens with one attached hydrogen (secondary N) is 2. The molecule has 0 atom stereocenters. The quantitative estimate of drug-likeness (QED) is 0.434. The number of thiocarbonyl (C=S) groups is 1. The van der Waals surface area contributed by atoms with E-state index in [1.165, 1.54) is 0 Å². The highest BCUT2D eigenvalue weighted by atomic mass is 35.5. The summed E-state index contributed by atoms with van der Waals surface area (Å²) in [6, 6.07) is 5.37. The Balaban J connectivity index is 2.81. The van der Waals surface area contributed by atoms with E-state index >= 15 is 0 Å². The maximum Gasteiger partial charge on any atom is 0.263 e. The monoisotopic (exact) mass is 257 g/mol. The molecule has 0 fully saturated rings. The number of amides is 1. The second kappa shape index (κ2) is 5.91. The van der Waals surface area contributed by atoms with Crippen LogP contribution in [0.25, 0.3) is 0 Å². The van der Waals surface area contributed by atoms with Crippen LogP contribution in [0, 0.1) is 6.92 Å². The number of benzene rings is 1. The fourth-order valence-corrected chi connectivity index (χ4v) is 1.55. The van der Waals surface area contributed by atoms with E-state index in [2.05, 4.69) is 10.7 Å². The first-order valence-corrected chi connectivity index (χ1v) is 5.37. The van der Waals surface area contributed by atoms with E-state index in [0.717, 1.165) is 5.56 Å². The van der Waals surface area contributed by atoms with Crippen LogP contribution in [0.15, 0.2) is 18.2 Å². The van der Waals surface area contributed by atoms with Crippen molar-refractivity contribution in [1.82, 2.24) is 5.43 Å². The van der Waals surface area contributed by atoms with Crippen molar-refractivity contribution in [3.63, 3.8) is 0 Å². The Labute approximate surface area is 104 Å². The second-order valence-corrected chi connectivity index (χ2v) is 4.09. The Morgan fingerprint density at radius 3 is 2.81 bits per heavy atom. The van der Waals surface area contributed by atoms with E-state index in [0.29, 0.717) is 10.7 Å². The zero-order valence-corrected chi connectivity index (χ0v) is 10.3. The van der Waals surface area contributed by atoms with Crippen LogP contribution < -0.4 is 16.6 Å². The van der Waals surface area contributed by atoms with E-state index in [9.17, 15) is 4.79 Å². The Morgan fingerprint density at radius 1 is 1.56 bits per heavy atom. The molecule has 0 saturated heterocycles. The number of nitrogens with two attached hydrogens (primary N) is 1. The van der Waals surface area contributed by atoms with Crippen molar-refractivity contribution in [2.45, 2.75) is 6.92 Å². The Kier molecular flexibility index (Phi) is 4.82. The molecule has 1 aromatic rings. The summed E-state index contributed by atoms with van der Waals surface area (Å²) in [4.78, 5) is 11.8. The average Bonchev–Trinajstić information content (AvgIpc) is 2.23. The number of aryl methyl sites for hydroxylation is 1. The lowest BCUT2D eigenvalue weighted by Gasteiger charge is -2.10. The summed E-state index contributed by atoms with van der Waals surface area (Å²) < 4.78 is 0.